The van der Waals surface area contributed by atoms with Crippen LogP contribution in [0.3, 0.4) is 0 Å². The average Bonchev–Trinajstić information content (AvgIpc) is 1.53. The van der Waals surface area contributed by atoms with Crippen molar-refractivity contribution in [2.75, 3.05) is 41.7 Å². The van der Waals surface area contributed by atoms with E-state index < -0.39 is 11.9 Å². The van der Waals surface area contributed by atoms with Crippen LogP contribution in [-0.2, 0) is 19.0 Å². The molecule has 5 aromatic carbocycles. The number of aryl methyl sites for hydroxylation is 14. The summed E-state index contributed by atoms with van der Waals surface area (Å²) in [5, 5.41) is 6.55. The van der Waals surface area contributed by atoms with E-state index in [0.29, 0.717) is 54.1 Å². The molecule has 0 spiro atoms. The highest BCUT2D eigenvalue weighted by atomic mass is 79.9. The van der Waals surface area contributed by atoms with Crippen molar-refractivity contribution in [3.63, 3.8) is 0 Å². The van der Waals surface area contributed by atoms with Gasteiger partial charge in [0.2, 0.25) is 5.88 Å². The van der Waals surface area contributed by atoms with Crippen molar-refractivity contribution in [2.24, 2.45) is 0 Å². The molecule has 0 bridgehead atoms. The van der Waals surface area contributed by atoms with E-state index >= 15 is 0 Å². The third-order valence-corrected chi connectivity index (χ3v) is 17.1. The molecule has 13 rings (SSSR count). The quantitative estimate of drug-likeness (QED) is 0.152. The topological polar surface area (TPSA) is 194 Å². The van der Waals surface area contributed by atoms with Gasteiger partial charge in [-0.1, -0.05) is 107 Å². The van der Waals surface area contributed by atoms with Crippen LogP contribution in [0.25, 0.3) is 0 Å². The second-order valence-corrected chi connectivity index (χ2v) is 27.9. The summed E-state index contributed by atoms with van der Waals surface area (Å²) in [6, 6.07) is 35.2. The van der Waals surface area contributed by atoms with Gasteiger partial charge in [-0.05, 0) is 236 Å². The number of hydrogen-bond acceptors (Lipinski definition) is 19. The fraction of sp³-hybridized carbons (Fsp3) is 0.342. The summed E-state index contributed by atoms with van der Waals surface area (Å²) in [4.78, 5) is 23.8. The van der Waals surface area contributed by atoms with Crippen molar-refractivity contribution in [3.05, 3.63) is 246 Å². The summed E-state index contributed by atoms with van der Waals surface area (Å²) in [6.07, 6.45) is 1.29. The highest BCUT2D eigenvalue weighted by Gasteiger charge is 2.33. The largest absolute Gasteiger partial charge is 0.496 e. The number of methoxy groups -OCH3 is 4. The molecule has 11 aromatic rings. The van der Waals surface area contributed by atoms with Crippen molar-refractivity contribution in [2.45, 2.75) is 136 Å². The normalized spacial score (nSPS) is 11.5. The van der Waals surface area contributed by atoms with Crippen LogP contribution in [0.15, 0.2) is 135 Å². The van der Waals surface area contributed by atoms with E-state index in [1.165, 1.54) is 89.0 Å². The fourth-order valence-corrected chi connectivity index (χ4v) is 11.1. The van der Waals surface area contributed by atoms with Crippen LogP contribution in [-0.4, -0.2) is 87.2 Å². The lowest BCUT2D eigenvalue weighted by molar-refractivity contribution is -0.141. The molecule has 0 radical (unpaired) electrons. The third-order valence-electron chi connectivity index (χ3n) is 13.3. The summed E-state index contributed by atoms with van der Waals surface area (Å²) in [5.41, 5.74) is 10.5. The molecular formula is C76H89BrCl5F3N8O9S2. The molecule has 104 heavy (non-hydrogen) atoms. The van der Waals surface area contributed by atoms with Gasteiger partial charge in [0.1, 0.15) is 78.7 Å². The predicted octanol–water partition coefficient (Wildman–Crippen LogP) is 23.1. The molecule has 0 N–H and O–H groups in total. The smallest absolute Gasteiger partial charge is 0.433 e. The zero-order chi connectivity index (χ0) is 77.8. The number of nitrogens with zero attached hydrogens (tertiary/aromatic N) is 8. The van der Waals surface area contributed by atoms with E-state index in [9.17, 15) is 13.2 Å². The molecule has 1 atom stereocenters. The number of benzene rings is 5. The Hall–Kier alpha value is -7.74. The molecule has 1 unspecified atom stereocenters. The van der Waals surface area contributed by atoms with Gasteiger partial charge in [-0.15, -0.1) is 11.3 Å². The first-order valence-electron chi connectivity index (χ1n) is 32.0. The Morgan fingerprint density at radius 2 is 1.19 bits per heavy atom. The second kappa shape index (κ2) is 47.0. The van der Waals surface area contributed by atoms with Gasteiger partial charge >= 0.3 is 6.18 Å². The minimum Gasteiger partial charge on any atom is -0.496 e. The number of halogens is 9. The monoisotopic (exact) mass is 1630 g/mol. The first kappa shape index (κ1) is 90.5. The van der Waals surface area contributed by atoms with Crippen LogP contribution in [0.5, 0.6) is 40.5 Å². The summed E-state index contributed by atoms with van der Waals surface area (Å²) < 4.78 is 87.1. The molecule has 8 heterocycles. The van der Waals surface area contributed by atoms with Gasteiger partial charge in [-0.25, -0.2) is 24.9 Å². The van der Waals surface area contributed by atoms with E-state index in [4.69, 9.17) is 95.6 Å². The zero-order valence-electron chi connectivity index (χ0n) is 61.9. The number of aromatic nitrogens is 8. The van der Waals surface area contributed by atoms with Crippen LogP contribution in [0, 0.1) is 96.9 Å². The van der Waals surface area contributed by atoms with E-state index in [1.54, 1.807) is 40.6 Å². The Morgan fingerprint density at radius 3 is 1.63 bits per heavy atom. The summed E-state index contributed by atoms with van der Waals surface area (Å²) in [6.45, 7) is 32.1. The van der Waals surface area contributed by atoms with Crippen LogP contribution in [0.2, 0.25) is 24.7 Å². The Morgan fingerprint density at radius 1 is 0.596 bits per heavy atom. The van der Waals surface area contributed by atoms with E-state index in [0.717, 1.165) is 98.1 Å². The van der Waals surface area contributed by atoms with Crippen LogP contribution >= 0.6 is 96.8 Å². The first-order chi connectivity index (χ1) is 49.1. The van der Waals surface area contributed by atoms with Crippen LogP contribution in [0.1, 0.15) is 109 Å². The second-order valence-electron chi connectivity index (χ2n) is 22.7. The summed E-state index contributed by atoms with van der Waals surface area (Å²) >= 11 is 34.1. The van der Waals surface area contributed by atoms with Crippen molar-refractivity contribution in [1.82, 2.24) is 39.4 Å². The Balaban J connectivity index is 0.000000298. The molecule has 0 fully saturated rings. The lowest BCUT2D eigenvalue weighted by Crippen LogP contribution is -2.10. The molecule has 2 aliphatic rings. The number of hydrogen-bond donors (Lipinski definition) is 0. The van der Waals surface area contributed by atoms with Gasteiger partial charge in [-0.2, -0.15) is 22.5 Å². The summed E-state index contributed by atoms with van der Waals surface area (Å²) in [7, 11) is 6.35. The van der Waals surface area contributed by atoms with Crippen molar-refractivity contribution in [1.29, 1.82) is 0 Å². The Bertz CT molecular complexity index is 4120. The average molecular weight is 1640 g/mol. The third kappa shape index (κ3) is 35.4. The number of fused-ring (bicyclic) bond motifs is 2. The minimum atomic E-state index is -4.38. The molecule has 0 amide bonds. The Kier molecular flexibility index (Phi) is 40.8. The number of alkyl halides is 3. The Labute approximate surface area is 650 Å². The molecule has 2 aliphatic heterocycles. The maximum absolute atomic E-state index is 12.1. The van der Waals surface area contributed by atoms with Crippen molar-refractivity contribution in [3.8, 4) is 40.5 Å². The molecule has 0 saturated heterocycles. The van der Waals surface area contributed by atoms with Crippen molar-refractivity contribution >= 4 is 96.8 Å². The highest BCUT2D eigenvalue weighted by molar-refractivity contribution is 9.10. The predicted molar refractivity (Wildman–Crippen MR) is 418 cm³/mol. The van der Waals surface area contributed by atoms with Gasteiger partial charge in [0, 0.05) is 36.4 Å². The molecular weight excluding hydrogens is 1550 g/mol. The highest BCUT2D eigenvalue weighted by Crippen LogP contribution is 2.32. The van der Waals surface area contributed by atoms with Gasteiger partial charge in [0.05, 0.1) is 68.0 Å². The first-order valence-corrected chi connectivity index (χ1v) is 36.3. The molecule has 562 valence electrons. The van der Waals surface area contributed by atoms with Gasteiger partial charge in [0.15, 0.2) is 11.0 Å². The van der Waals surface area contributed by atoms with Gasteiger partial charge < -0.3 is 42.1 Å². The van der Waals surface area contributed by atoms with Gasteiger partial charge in [0.25, 0.3) is 5.88 Å². The minimum absolute atomic E-state index is 0.141. The van der Waals surface area contributed by atoms with Crippen molar-refractivity contribution < 1.29 is 55.3 Å². The van der Waals surface area contributed by atoms with Crippen LogP contribution in [0.4, 0.5) is 13.2 Å². The van der Waals surface area contributed by atoms with Crippen LogP contribution < -0.4 is 33.2 Å². The number of ether oxygens (including phenoxy) is 7. The van der Waals surface area contributed by atoms with E-state index in [-0.39, 0.29) is 5.82 Å². The molecule has 6 aromatic heterocycles. The molecule has 17 nitrogen and oxygen atoms in total. The maximum Gasteiger partial charge on any atom is 0.433 e. The van der Waals surface area contributed by atoms with E-state index in [1.807, 2.05) is 97.9 Å². The lowest BCUT2D eigenvalue weighted by Gasteiger charge is -2.06. The lowest BCUT2D eigenvalue weighted by atomic mass is 10.1. The number of oxazole rings is 1. The standard InChI is InChI=1S/C10H12O.C10H14O.C9H10O.C8H9BrO.C8H9ClO.C7H7F3N2.C6H7ClN2O.C5H7NO2.C5H7NO.C4H3Cl2NS.C4H4ClNS/c1-7-3-4-9-6-8(2)11-10(9)5-7;1-4-11-10-7-8(2)5-6-9(10)3;1-7-2-3-8-4-5-10-9(8)6-7;2*1-6-3-4-7(9)8(5-6)10-2;1-4-3-6(7(8,9)10)12-5(2)11-4;1-4-8-3-5(7)6(9-4)10-2;1-4-3-5(7-2)6-8-4;1-4-3-7-5(2)6-4;1-2-7-3(5)4(6)8-2;1-3-2-4(5)6-7-3/h3-5,8H,6H2,1-2H3;5-7H,4H2,1-3H3;2-3,6H,4-5H2,1H3;2*3-5H,1-2H3;3H,1-2H3;3H,1-2H3;3H,1-2H3;3H,1-2H3;1H3;2H,1H3. The molecule has 28 heteroatoms. The number of rotatable bonds is 6. The maximum atomic E-state index is 12.1. The van der Waals surface area contributed by atoms with Gasteiger partial charge in [-0.3, -0.25) is 0 Å². The molecule has 0 saturated carbocycles. The van der Waals surface area contributed by atoms with E-state index in [2.05, 4.69) is 149 Å². The zero-order valence-corrected chi connectivity index (χ0v) is 68.9. The summed E-state index contributed by atoms with van der Waals surface area (Å²) in [5.74, 6) is 8.05. The molecule has 0 aliphatic carbocycles. The fourth-order valence-electron chi connectivity index (χ4n) is 8.40. The number of thiazole rings is 1. The SMILES string of the molecule is CCOc1cc(C)ccc1C.COc1cc(C)ccc1Br.COc1cc(C)ccc1Cl.COc1cc(C)on1.COc1nc(C)ncc1Cl.Cc1cc(C(F)(F)F)nc(C)n1.Cc1cc(Cl)ns1.Cc1ccc2c(c1)OC(C)C2.Cc1ccc2c(c1)OCC2.Cc1coc(C)n1.Cc1nc(Cl)c(Cl)s1.